The van der Waals surface area contributed by atoms with Crippen LogP contribution in [0.15, 0.2) is 0 Å². The molecule has 0 spiro atoms. The Kier molecular flexibility index (Phi) is 5.47. The maximum Gasteiger partial charge on any atom is 0.0850 e. The molecule has 3 atom stereocenters. The van der Waals surface area contributed by atoms with Crippen LogP contribution in [0.25, 0.3) is 0 Å². The van der Waals surface area contributed by atoms with Crippen LogP contribution in [0.2, 0.25) is 5.02 Å². The molecule has 1 aliphatic carbocycles. The number of rotatable bonds is 6. The molecule has 0 aromatic carbocycles. The number of nitrogens with zero attached hydrogens (tertiary/aromatic N) is 2. The van der Waals surface area contributed by atoms with Crippen LogP contribution in [0, 0.1) is 11.8 Å². The largest absolute Gasteiger partial charge is 0.271 e. The monoisotopic (exact) mass is 298 g/mol. The van der Waals surface area contributed by atoms with Gasteiger partial charge in [0.1, 0.15) is 0 Å². The van der Waals surface area contributed by atoms with Gasteiger partial charge >= 0.3 is 0 Å². The Balaban J connectivity index is 2.16. The average Bonchev–Trinajstić information content (AvgIpc) is 3.00. The highest BCUT2D eigenvalue weighted by molar-refractivity contribution is 6.31. The molecule has 1 fully saturated rings. The molecule has 3 N–H and O–H groups in total. The molecule has 2 rings (SSSR count). The Labute approximate surface area is 127 Å². The number of hydrogen-bond acceptors (Lipinski definition) is 3. The van der Waals surface area contributed by atoms with Crippen molar-refractivity contribution >= 4 is 11.6 Å². The zero-order valence-electron chi connectivity index (χ0n) is 12.8. The van der Waals surface area contributed by atoms with Crippen LogP contribution in [0.5, 0.6) is 0 Å². The van der Waals surface area contributed by atoms with Crippen LogP contribution in [0.3, 0.4) is 0 Å². The predicted octanol–water partition coefficient (Wildman–Crippen LogP) is 2.93. The summed E-state index contributed by atoms with van der Waals surface area (Å²) in [7, 11) is 0. The Morgan fingerprint density at radius 1 is 1.45 bits per heavy atom. The van der Waals surface area contributed by atoms with Gasteiger partial charge in [-0.15, -0.1) is 0 Å². The summed E-state index contributed by atoms with van der Waals surface area (Å²) in [6.45, 7) is 7.38. The minimum Gasteiger partial charge on any atom is -0.271 e. The fraction of sp³-hybridized carbons (Fsp3) is 0.800. The molecule has 5 heteroatoms. The SMILES string of the molecule is CCc1nn(CC)c(CC(NN)C2CCC(C)C2)c1Cl. The van der Waals surface area contributed by atoms with Crippen molar-refractivity contribution in [1.82, 2.24) is 15.2 Å². The Bertz CT molecular complexity index is 443. The third-order valence-electron chi connectivity index (χ3n) is 4.63. The third-order valence-corrected chi connectivity index (χ3v) is 5.06. The summed E-state index contributed by atoms with van der Waals surface area (Å²) < 4.78 is 2.03. The molecule has 1 heterocycles. The van der Waals surface area contributed by atoms with Gasteiger partial charge in [-0.1, -0.05) is 31.9 Å². The molecule has 1 aromatic heterocycles. The maximum atomic E-state index is 6.49. The van der Waals surface area contributed by atoms with E-state index in [9.17, 15) is 0 Å². The van der Waals surface area contributed by atoms with Crippen LogP contribution in [-0.2, 0) is 19.4 Å². The normalized spacial score (nSPS) is 24.2. The van der Waals surface area contributed by atoms with E-state index in [1.807, 2.05) is 4.68 Å². The van der Waals surface area contributed by atoms with E-state index in [0.29, 0.717) is 12.0 Å². The number of aromatic nitrogens is 2. The van der Waals surface area contributed by atoms with Crippen molar-refractivity contribution in [3.05, 3.63) is 16.4 Å². The molecule has 114 valence electrons. The van der Waals surface area contributed by atoms with E-state index in [1.54, 1.807) is 0 Å². The van der Waals surface area contributed by atoms with Crippen LogP contribution in [0.4, 0.5) is 0 Å². The molecular weight excluding hydrogens is 272 g/mol. The quantitative estimate of drug-likeness (QED) is 0.627. The van der Waals surface area contributed by atoms with Crippen molar-refractivity contribution in [3.8, 4) is 0 Å². The number of hydrazine groups is 1. The minimum absolute atomic E-state index is 0.296. The molecule has 1 saturated carbocycles. The lowest BCUT2D eigenvalue weighted by molar-refractivity contribution is 0.346. The number of hydrogen-bond donors (Lipinski definition) is 2. The van der Waals surface area contributed by atoms with Gasteiger partial charge in [-0.3, -0.25) is 16.0 Å². The Hall–Kier alpha value is -0.580. The Morgan fingerprint density at radius 3 is 2.70 bits per heavy atom. The minimum atomic E-state index is 0.296. The molecule has 0 radical (unpaired) electrons. The highest BCUT2D eigenvalue weighted by atomic mass is 35.5. The van der Waals surface area contributed by atoms with Crippen molar-refractivity contribution < 1.29 is 0 Å². The molecule has 0 aliphatic heterocycles. The van der Waals surface area contributed by atoms with E-state index in [2.05, 4.69) is 31.3 Å². The lowest BCUT2D eigenvalue weighted by Crippen LogP contribution is -2.42. The van der Waals surface area contributed by atoms with Crippen LogP contribution in [0.1, 0.15) is 51.4 Å². The molecule has 3 unspecified atom stereocenters. The van der Waals surface area contributed by atoms with Crippen molar-refractivity contribution in [2.24, 2.45) is 17.7 Å². The summed E-state index contributed by atoms with van der Waals surface area (Å²) in [6.07, 6.45) is 5.57. The Morgan fingerprint density at radius 2 is 2.20 bits per heavy atom. The lowest BCUT2D eigenvalue weighted by atomic mass is 9.93. The first-order valence-corrected chi connectivity index (χ1v) is 8.18. The topological polar surface area (TPSA) is 55.9 Å². The first-order chi connectivity index (χ1) is 9.60. The van der Waals surface area contributed by atoms with Crippen LogP contribution in [-0.4, -0.2) is 15.8 Å². The van der Waals surface area contributed by atoms with Gasteiger partial charge in [0, 0.05) is 19.0 Å². The number of aryl methyl sites for hydroxylation is 2. The summed E-state index contributed by atoms with van der Waals surface area (Å²) in [5.41, 5.74) is 5.15. The molecule has 0 amide bonds. The molecular formula is C15H27ClN4. The van der Waals surface area contributed by atoms with Crippen LogP contribution >= 0.6 is 11.6 Å². The smallest absolute Gasteiger partial charge is 0.0850 e. The van der Waals surface area contributed by atoms with Gasteiger partial charge in [-0.05, 0) is 38.0 Å². The highest BCUT2D eigenvalue weighted by Crippen LogP contribution is 2.34. The van der Waals surface area contributed by atoms with Crippen molar-refractivity contribution in [2.75, 3.05) is 0 Å². The van der Waals surface area contributed by atoms with Gasteiger partial charge in [0.05, 0.1) is 16.4 Å². The summed E-state index contributed by atoms with van der Waals surface area (Å²) >= 11 is 6.49. The van der Waals surface area contributed by atoms with Crippen LogP contribution < -0.4 is 11.3 Å². The fourth-order valence-electron chi connectivity index (χ4n) is 3.40. The van der Waals surface area contributed by atoms with E-state index < -0.39 is 0 Å². The average molecular weight is 299 g/mol. The molecule has 4 nitrogen and oxygen atoms in total. The summed E-state index contributed by atoms with van der Waals surface area (Å²) in [5, 5.41) is 5.43. The van der Waals surface area contributed by atoms with Gasteiger partial charge in [-0.2, -0.15) is 5.10 Å². The fourth-order valence-corrected chi connectivity index (χ4v) is 3.74. The third kappa shape index (κ3) is 3.18. The number of nitrogens with one attached hydrogen (secondary N) is 1. The van der Waals surface area contributed by atoms with E-state index in [-0.39, 0.29) is 0 Å². The van der Waals surface area contributed by atoms with E-state index in [1.165, 1.54) is 19.3 Å². The van der Waals surface area contributed by atoms with Gasteiger partial charge in [0.2, 0.25) is 0 Å². The summed E-state index contributed by atoms with van der Waals surface area (Å²) in [4.78, 5) is 0. The van der Waals surface area contributed by atoms with E-state index >= 15 is 0 Å². The van der Waals surface area contributed by atoms with Crippen molar-refractivity contribution in [2.45, 2.75) is 65.5 Å². The van der Waals surface area contributed by atoms with Gasteiger partial charge in [0.25, 0.3) is 0 Å². The van der Waals surface area contributed by atoms with E-state index in [4.69, 9.17) is 17.4 Å². The van der Waals surface area contributed by atoms with Gasteiger partial charge < -0.3 is 0 Å². The predicted molar refractivity (Wildman–Crippen MR) is 83.6 cm³/mol. The van der Waals surface area contributed by atoms with Gasteiger partial charge in [-0.25, -0.2) is 0 Å². The zero-order chi connectivity index (χ0) is 14.7. The second-order valence-electron chi connectivity index (χ2n) is 6.03. The highest BCUT2D eigenvalue weighted by Gasteiger charge is 2.30. The van der Waals surface area contributed by atoms with Gasteiger partial charge in [0.15, 0.2) is 0 Å². The molecule has 0 saturated heterocycles. The number of nitrogens with two attached hydrogens (primary N) is 1. The van der Waals surface area contributed by atoms with E-state index in [0.717, 1.165) is 41.7 Å². The second kappa shape index (κ2) is 6.92. The lowest BCUT2D eigenvalue weighted by Gasteiger charge is -2.23. The standard InChI is InChI=1S/C15H27ClN4/c1-4-12-15(16)14(20(5-2)19-12)9-13(18-17)11-7-6-10(3)8-11/h10-11,13,18H,4-9,17H2,1-3H3. The molecule has 1 aliphatic rings. The maximum absolute atomic E-state index is 6.49. The molecule has 20 heavy (non-hydrogen) atoms. The molecule has 1 aromatic rings. The van der Waals surface area contributed by atoms with Crippen molar-refractivity contribution in [1.29, 1.82) is 0 Å². The second-order valence-corrected chi connectivity index (χ2v) is 6.41. The summed E-state index contributed by atoms with van der Waals surface area (Å²) in [5.74, 6) is 7.27. The van der Waals surface area contributed by atoms with Crippen molar-refractivity contribution in [3.63, 3.8) is 0 Å². The number of halogens is 1. The summed E-state index contributed by atoms with van der Waals surface area (Å²) in [6, 6.07) is 0.296. The first-order valence-electron chi connectivity index (χ1n) is 7.80. The first kappa shape index (κ1) is 15.8. The molecule has 0 bridgehead atoms. The zero-order valence-corrected chi connectivity index (χ0v) is 13.6.